The van der Waals surface area contributed by atoms with Crippen LogP contribution in [-0.4, -0.2) is 68.2 Å². The van der Waals surface area contributed by atoms with Crippen molar-refractivity contribution in [3.63, 3.8) is 0 Å². The van der Waals surface area contributed by atoms with Crippen molar-refractivity contribution in [1.82, 2.24) is 20.2 Å². The van der Waals surface area contributed by atoms with Crippen molar-refractivity contribution in [2.24, 2.45) is 0 Å². The predicted molar refractivity (Wildman–Crippen MR) is 130 cm³/mol. The van der Waals surface area contributed by atoms with Crippen LogP contribution in [0.25, 0.3) is 11.0 Å². The monoisotopic (exact) mass is 449 g/mol. The third-order valence-corrected chi connectivity index (χ3v) is 5.93. The molecule has 8 nitrogen and oxygen atoms in total. The lowest BCUT2D eigenvalue weighted by atomic mass is 10.1. The Labute approximate surface area is 194 Å². The number of likely N-dealkylation sites (tertiary alicyclic amines) is 1. The largest absolute Gasteiger partial charge is 0.497 e. The van der Waals surface area contributed by atoms with Crippen LogP contribution in [0.2, 0.25) is 0 Å². The molecular formula is C25H31N5O3. The highest BCUT2D eigenvalue weighted by Crippen LogP contribution is 2.33. The Balaban J connectivity index is 1.71. The molecule has 1 aliphatic rings. The van der Waals surface area contributed by atoms with Crippen LogP contribution in [0.4, 0.5) is 11.4 Å². The summed E-state index contributed by atoms with van der Waals surface area (Å²) >= 11 is 0. The molecule has 3 aromatic rings. The molecule has 4 rings (SSSR count). The van der Waals surface area contributed by atoms with Crippen molar-refractivity contribution in [3.05, 3.63) is 48.3 Å². The fourth-order valence-corrected chi connectivity index (χ4v) is 4.11. The second kappa shape index (κ2) is 10.5. The van der Waals surface area contributed by atoms with E-state index < -0.39 is 0 Å². The van der Waals surface area contributed by atoms with Gasteiger partial charge in [-0.25, -0.2) is 4.98 Å². The summed E-state index contributed by atoms with van der Waals surface area (Å²) in [4.78, 5) is 26.2. The van der Waals surface area contributed by atoms with Gasteiger partial charge in [0.2, 0.25) is 0 Å². The van der Waals surface area contributed by atoms with Gasteiger partial charge in [0.05, 0.1) is 31.4 Å². The molecule has 1 amide bonds. The number of benzene rings is 2. The van der Waals surface area contributed by atoms with E-state index >= 15 is 0 Å². The lowest BCUT2D eigenvalue weighted by Crippen LogP contribution is -2.36. The van der Waals surface area contributed by atoms with Crippen LogP contribution in [0, 0.1) is 0 Å². The summed E-state index contributed by atoms with van der Waals surface area (Å²) in [6, 6.07) is 11.7. The van der Waals surface area contributed by atoms with Gasteiger partial charge in [-0.1, -0.05) is 0 Å². The third kappa shape index (κ3) is 5.17. The molecule has 0 radical (unpaired) electrons. The van der Waals surface area contributed by atoms with Crippen LogP contribution in [0.15, 0.2) is 42.6 Å². The molecule has 33 heavy (non-hydrogen) atoms. The van der Waals surface area contributed by atoms with E-state index in [0.29, 0.717) is 22.7 Å². The van der Waals surface area contributed by atoms with E-state index in [1.54, 1.807) is 20.4 Å². The van der Waals surface area contributed by atoms with Gasteiger partial charge in [-0.3, -0.25) is 9.78 Å². The lowest BCUT2D eigenvalue weighted by Gasteiger charge is -2.27. The van der Waals surface area contributed by atoms with Gasteiger partial charge in [0.15, 0.2) is 0 Å². The quantitative estimate of drug-likeness (QED) is 0.562. The van der Waals surface area contributed by atoms with Crippen molar-refractivity contribution >= 4 is 28.3 Å². The van der Waals surface area contributed by atoms with Crippen molar-refractivity contribution in [3.8, 4) is 11.5 Å². The molecule has 1 aliphatic heterocycles. The standard InChI is InChI=1S/C25H31N5O3/c1-26-9-12-30(19-13-20(32-2)16-21(14-19)33-3)18-7-8-22-23(15-18)28-24(17-27-22)25(31)29-10-5-4-6-11-29/h7-8,13-17,26H,4-6,9-12H2,1-3H3. The maximum atomic E-state index is 12.9. The summed E-state index contributed by atoms with van der Waals surface area (Å²) in [7, 11) is 5.21. The fraction of sp³-hybridized carbons (Fsp3) is 0.400. The summed E-state index contributed by atoms with van der Waals surface area (Å²) in [5.74, 6) is 1.39. The molecule has 1 N–H and O–H groups in total. The number of likely N-dealkylation sites (N-methyl/N-ethyl adjacent to an activating group) is 1. The average molecular weight is 450 g/mol. The number of piperidine rings is 1. The highest BCUT2D eigenvalue weighted by Gasteiger charge is 2.20. The zero-order chi connectivity index (χ0) is 23.2. The van der Waals surface area contributed by atoms with Crippen LogP contribution >= 0.6 is 0 Å². The van der Waals surface area contributed by atoms with Gasteiger partial charge in [-0.05, 0) is 44.5 Å². The minimum Gasteiger partial charge on any atom is -0.497 e. The van der Waals surface area contributed by atoms with Crippen LogP contribution in [0.5, 0.6) is 11.5 Å². The summed E-state index contributed by atoms with van der Waals surface area (Å²) in [5.41, 5.74) is 3.73. The van der Waals surface area contributed by atoms with Gasteiger partial charge in [-0.2, -0.15) is 0 Å². The predicted octanol–water partition coefficient (Wildman–Crippen LogP) is 3.63. The van der Waals surface area contributed by atoms with E-state index in [1.807, 2.05) is 48.3 Å². The number of hydrogen-bond donors (Lipinski definition) is 1. The topological polar surface area (TPSA) is 79.8 Å². The van der Waals surface area contributed by atoms with Crippen molar-refractivity contribution < 1.29 is 14.3 Å². The maximum Gasteiger partial charge on any atom is 0.274 e. The maximum absolute atomic E-state index is 12.9. The number of amides is 1. The third-order valence-electron chi connectivity index (χ3n) is 5.93. The molecule has 8 heteroatoms. The highest BCUT2D eigenvalue weighted by atomic mass is 16.5. The van der Waals surface area contributed by atoms with E-state index in [9.17, 15) is 4.79 Å². The Hall–Kier alpha value is -3.39. The highest BCUT2D eigenvalue weighted by molar-refractivity contribution is 5.94. The number of fused-ring (bicyclic) bond motifs is 1. The first kappa shape index (κ1) is 22.8. The van der Waals surface area contributed by atoms with E-state index in [0.717, 1.165) is 55.9 Å². The number of aromatic nitrogens is 2. The Bertz CT molecular complexity index is 1090. The van der Waals surface area contributed by atoms with Crippen LogP contribution in [0.3, 0.4) is 0 Å². The number of carbonyl (C=O) groups is 1. The second-order valence-electron chi connectivity index (χ2n) is 8.11. The zero-order valence-electron chi connectivity index (χ0n) is 19.5. The minimum atomic E-state index is -0.0425. The summed E-state index contributed by atoms with van der Waals surface area (Å²) in [5, 5.41) is 3.21. The van der Waals surface area contributed by atoms with Crippen LogP contribution in [-0.2, 0) is 0 Å². The van der Waals surface area contributed by atoms with Gasteiger partial charge >= 0.3 is 0 Å². The normalized spacial score (nSPS) is 13.7. The molecule has 0 saturated carbocycles. The number of nitrogens with one attached hydrogen (secondary N) is 1. The molecule has 0 aliphatic carbocycles. The molecular weight excluding hydrogens is 418 g/mol. The van der Waals surface area contributed by atoms with Gasteiger partial charge in [-0.15, -0.1) is 0 Å². The summed E-state index contributed by atoms with van der Waals surface area (Å²) in [6.07, 6.45) is 4.85. The molecule has 174 valence electrons. The van der Waals surface area contributed by atoms with Gasteiger partial charge in [0, 0.05) is 55.8 Å². The zero-order valence-corrected chi connectivity index (χ0v) is 19.5. The number of carbonyl (C=O) groups excluding carboxylic acids is 1. The Morgan fingerprint density at radius 3 is 2.39 bits per heavy atom. The van der Waals surface area contributed by atoms with E-state index in [1.165, 1.54) is 6.42 Å². The van der Waals surface area contributed by atoms with E-state index in [-0.39, 0.29) is 5.91 Å². The molecule has 1 fully saturated rings. The Morgan fingerprint density at radius 2 is 1.73 bits per heavy atom. The van der Waals surface area contributed by atoms with Crippen LogP contribution < -0.4 is 19.7 Å². The Kier molecular flexibility index (Phi) is 7.24. The van der Waals surface area contributed by atoms with Crippen LogP contribution in [0.1, 0.15) is 29.8 Å². The smallest absolute Gasteiger partial charge is 0.274 e. The first-order valence-corrected chi connectivity index (χ1v) is 11.3. The Morgan fingerprint density at radius 1 is 1.00 bits per heavy atom. The van der Waals surface area contributed by atoms with E-state index in [4.69, 9.17) is 9.47 Å². The molecule has 1 aromatic heterocycles. The number of rotatable bonds is 8. The molecule has 1 saturated heterocycles. The first-order valence-electron chi connectivity index (χ1n) is 11.3. The van der Waals surface area contributed by atoms with Gasteiger partial charge in [0.1, 0.15) is 17.2 Å². The molecule has 0 atom stereocenters. The summed E-state index contributed by atoms with van der Waals surface area (Å²) in [6.45, 7) is 3.07. The van der Waals surface area contributed by atoms with Gasteiger partial charge < -0.3 is 24.6 Å². The molecule has 0 unspecified atom stereocenters. The number of nitrogens with zero attached hydrogens (tertiary/aromatic N) is 4. The van der Waals surface area contributed by atoms with Crippen molar-refractivity contribution in [2.45, 2.75) is 19.3 Å². The van der Waals surface area contributed by atoms with Crippen molar-refractivity contribution in [1.29, 1.82) is 0 Å². The molecule has 0 spiro atoms. The second-order valence-corrected chi connectivity index (χ2v) is 8.11. The van der Waals surface area contributed by atoms with Gasteiger partial charge in [0.25, 0.3) is 5.91 Å². The fourth-order valence-electron chi connectivity index (χ4n) is 4.11. The first-order chi connectivity index (χ1) is 16.1. The number of hydrogen-bond acceptors (Lipinski definition) is 7. The molecule has 2 aromatic carbocycles. The number of anilines is 2. The lowest BCUT2D eigenvalue weighted by molar-refractivity contribution is 0.0718. The SMILES string of the molecule is CNCCN(c1cc(OC)cc(OC)c1)c1ccc2ncc(C(=O)N3CCCCC3)nc2c1. The number of methoxy groups -OCH3 is 2. The number of ether oxygens (including phenoxy) is 2. The average Bonchev–Trinajstić information content (AvgIpc) is 2.88. The van der Waals surface area contributed by atoms with E-state index in [2.05, 4.69) is 20.2 Å². The molecule has 2 heterocycles. The van der Waals surface area contributed by atoms with Crippen molar-refractivity contribution in [2.75, 3.05) is 52.3 Å². The minimum absolute atomic E-state index is 0.0425. The molecule has 0 bridgehead atoms. The summed E-state index contributed by atoms with van der Waals surface area (Å²) < 4.78 is 10.9.